The molecule has 1 saturated heterocycles. The lowest BCUT2D eigenvalue weighted by Gasteiger charge is -2.18. The van der Waals surface area contributed by atoms with Crippen LogP contribution in [0.25, 0.3) is 0 Å². The molecule has 0 aliphatic carbocycles. The molecule has 74 valence electrons. The van der Waals surface area contributed by atoms with E-state index in [1.54, 1.807) is 0 Å². The first-order valence-electron chi connectivity index (χ1n) is 4.69. The fourth-order valence-corrected chi connectivity index (χ4v) is 2.45. The average molecular weight is 254 g/mol. The minimum atomic E-state index is 0.331. The van der Waals surface area contributed by atoms with E-state index in [0.717, 1.165) is 16.7 Å². The van der Waals surface area contributed by atoms with Gasteiger partial charge in [-0.05, 0) is 40.5 Å². The topological polar surface area (TPSA) is 20.3 Å². The van der Waals surface area contributed by atoms with E-state index >= 15 is 0 Å². The highest BCUT2D eigenvalue weighted by molar-refractivity contribution is 9.10. The van der Waals surface area contributed by atoms with Crippen molar-refractivity contribution in [2.45, 2.75) is 13.3 Å². The summed E-state index contributed by atoms with van der Waals surface area (Å²) in [5.41, 5.74) is 2.35. The van der Waals surface area contributed by atoms with E-state index in [2.05, 4.69) is 46.0 Å². The molecule has 2 rings (SSSR count). The second-order valence-electron chi connectivity index (χ2n) is 3.67. The van der Waals surface area contributed by atoms with Gasteiger partial charge in [-0.2, -0.15) is 0 Å². The highest BCUT2D eigenvalue weighted by atomic mass is 79.9. The van der Waals surface area contributed by atoms with Gasteiger partial charge >= 0.3 is 0 Å². The van der Waals surface area contributed by atoms with Crippen LogP contribution in [0.3, 0.4) is 0 Å². The molecule has 0 unspecified atom stereocenters. The normalized spacial score (nSPS) is 16.4. The van der Waals surface area contributed by atoms with Crippen LogP contribution in [-0.4, -0.2) is 18.9 Å². The van der Waals surface area contributed by atoms with Crippen molar-refractivity contribution < 1.29 is 4.79 Å². The molecule has 1 aliphatic heterocycles. The highest BCUT2D eigenvalue weighted by Crippen LogP contribution is 2.28. The zero-order chi connectivity index (χ0) is 10.1. The van der Waals surface area contributed by atoms with Crippen LogP contribution in [0, 0.1) is 6.92 Å². The third-order valence-corrected chi connectivity index (χ3v) is 3.11. The predicted molar refractivity (Wildman–Crippen MR) is 60.7 cm³/mol. The van der Waals surface area contributed by atoms with Gasteiger partial charge in [-0.25, -0.2) is 0 Å². The number of nitrogens with zero attached hydrogens (tertiary/aromatic N) is 1. The minimum Gasteiger partial charge on any atom is -0.363 e. The van der Waals surface area contributed by atoms with Gasteiger partial charge in [0.05, 0.1) is 12.2 Å². The summed E-state index contributed by atoms with van der Waals surface area (Å²) in [6.07, 6.45) is 0.681. The highest BCUT2D eigenvalue weighted by Gasteiger charge is 2.20. The van der Waals surface area contributed by atoms with Gasteiger partial charge < -0.3 is 4.90 Å². The summed E-state index contributed by atoms with van der Waals surface area (Å²) in [7, 11) is 0. The van der Waals surface area contributed by atoms with Crippen LogP contribution >= 0.6 is 15.9 Å². The molecular weight excluding hydrogens is 242 g/mol. The molecule has 1 aromatic rings. The molecule has 14 heavy (non-hydrogen) atoms. The molecule has 0 amide bonds. The molecule has 2 nitrogen and oxygen atoms in total. The van der Waals surface area contributed by atoms with Gasteiger partial charge in [0, 0.05) is 17.4 Å². The number of rotatable bonds is 1. The predicted octanol–water partition coefficient (Wildman–Crippen LogP) is 2.54. The van der Waals surface area contributed by atoms with E-state index in [9.17, 15) is 4.79 Å². The molecule has 0 spiro atoms. The summed E-state index contributed by atoms with van der Waals surface area (Å²) >= 11 is 3.52. The smallest absolute Gasteiger partial charge is 0.153 e. The number of carbonyl (C=O) groups is 1. The second-order valence-corrected chi connectivity index (χ2v) is 4.52. The molecule has 0 atom stereocenters. The number of anilines is 1. The Bertz CT molecular complexity index is 376. The Labute approximate surface area is 92.0 Å². The zero-order valence-electron chi connectivity index (χ0n) is 8.09. The Morgan fingerprint density at radius 2 is 2.21 bits per heavy atom. The van der Waals surface area contributed by atoms with Crippen molar-refractivity contribution in [1.29, 1.82) is 0 Å². The lowest BCUT2D eigenvalue weighted by Crippen LogP contribution is -2.19. The molecule has 1 aliphatic rings. The van der Waals surface area contributed by atoms with Gasteiger partial charge in [-0.1, -0.05) is 6.07 Å². The fourth-order valence-electron chi connectivity index (χ4n) is 1.70. The fraction of sp³-hybridized carbons (Fsp3) is 0.364. The number of carbonyl (C=O) groups excluding carboxylic acids is 1. The molecule has 1 heterocycles. The van der Waals surface area contributed by atoms with Crippen LogP contribution in [0.1, 0.15) is 12.0 Å². The van der Waals surface area contributed by atoms with Gasteiger partial charge in [-0.15, -0.1) is 0 Å². The Kier molecular flexibility index (Phi) is 2.59. The Morgan fingerprint density at radius 1 is 1.43 bits per heavy atom. The zero-order valence-corrected chi connectivity index (χ0v) is 9.67. The van der Waals surface area contributed by atoms with Crippen LogP contribution in [-0.2, 0) is 4.79 Å². The van der Waals surface area contributed by atoms with Crippen molar-refractivity contribution in [2.75, 3.05) is 18.0 Å². The summed E-state index contributed by atoms with van der Waals surface area (Å²) in [4.78, 5) is 13.3. The van der Waals surface area contributed by atoms with Crippen molar-refractivity contribution in [3.05, 3.63) is 28.2 Å². The first-order valence-corrected chi connectivity index (χ1v) is 5.49. The van der Waals surface area contributed by atoms with Crippen molar-refractivity contribution in [2.24, 2.45) is 0 Å². The number of benzene rings is 1. The molecule has 0 N–H and O–H groups in total. The van der Waals surface area contributed by atoms with Crippen LogP contribution in [0.4, 0.5) is 5.69 Å². The van der Waals surface area contributed by atoms with Crippen LogP contribution in [0.2, 0.25) is 0 Å². The summed E-state index contributed by atoms with van der Waals surface area (Å²) in [5, 5.41) is 0. The minimum absolute atomic E-state index is 0.331. The molecule has 1 aromatic carbocycles. The van der Waals surface area contributed by atoms with Crippen molar-refractivity contribution in [3.8, 4) is 0 Å². The third-order valence-electron chi connectivity index (χ3n) is 2.47. The lowest BCUT2D eigenvalue weighted by molar-refractivity contribution is -0.116. The van der Waals surface area contributed by atoms with Gasteiger partial charge in [0.25, 0.3) is 0 Å². The average Bonchev–Trinajstić information content (AvgIpc) is 2.51. The second kappa shape index (κ2) is 3.73. The number of aryl methyl sites for hydroxylation is 1. The number of Topliss-reactive ketones (excluding diaryl/α,β-unsaturated/α-hetero) is 1. The quantitative estimate of drug-likeness (QED) is 0.767. The summed E-state index contributed by atoms with van der Waals surface area (Å²) in [5.74, 6) is 0.331. The van der Waals surface area contributed by atoms with Gasteiger partial charge in [0.15, 0.2) is 5.78 Å². The first-order chi connectivity index (χ1) is 6.66. The van der Waals surface area contributed by atoms with Gasteiger partial charge in [0.2, 0.25) is 0 Å². The summed E-state index contributed by atoms with van der Waals surface area (Å²) in [6.45, 7) is 3.46. The van der Waals surface area contributed by atoms with E-state index < -0.39 is 0 Å². The molecule has 1 fully saturated rings. The SMILES string of the molecule is Cc1ccc(N2CCC(=O)C2)c(Br)c1. The molecular formula is C11H12BrNO. The molecule has 3 heteroatoms. The molecule has 0 saturated carbocycles. The number of halogens is 1. The Morgan fingerprint density at radius 3 is 2.79 bits per heavy atom. The lowest BCUT2D eigenvalue weighted by atomic mass is 10.2. The monoisotopic (exact) mass is 253 g/mol. The van der Waals surface area contributed by atoms with Crippen LogP contribution < -0.4 is 4.90 Å². The van der Waals surface area contributed by atoms with Crippen molar-refractivity contribution in [1.82, 2.24) is 0 Å². The van der Waals surface area contributed by atoms with Crippen molar-refractivity contribution >= 4 is 27.4 Å². The van der Waals surface area contributed by atoms with E-state index in [1.807, 2.05) is 0 Å². The summed E-state index contributed by atoms with van der Waals surface area (Å²) < 4.78 is 1.08. The van der Waals surface area contributed by atoms with E-state index in [1.165, 1.54) is 5.56 Å². The third kappa shape index (κ3) is 1.82. The molecule has 0 bridgehead atoms. The van der Waals surface area contributed by atoms with E-state index in [-0.39, 0.29) is 0 Å². The Hall–Kier alpha value is -0.830. The largest absolute Gasteiger partial charge is 0.363 e. The van der Waals surface area contributed by atoms with E-state index in [0.29, 0.717) is 18.7 Å². The standard InChI is InChI=1S/C11H12BrNO/c1-8-2-3-11(10(12)6-8)13-5-4-9(14)7-13/h2-3,6H,4-5,7H2,1H3. The summed E-state index contributed by atoms with van der Waals surface area (Å²) in [6, 6.07) is 6.22. The van der Waals surface area contributed by atoms with Crippen LogP contribution in [0.15, 0.2) is 22.7 Å². The number of hydrogen-bond acceptors (Lipinski definition) is 2. The number of hydrogen-bond donors (Lipinski definition) is 0. The maximum atomic E-state index is 11.1. The Balaban J connectivity index is 2.28. The maximum absolute atomic E-state index is 11.1. The van der Waals surface area contributed by atoms with E-state index in [4.69, 9.17) is 0 Å². The number of ketones is 1. The van der Waals surface area contributed by atoms with Gasteiger partial charge in [0.1, 0.15) is 0 Å². The van der Waals surface area contributed by atoms with Gasteiger partial charge in [-0.3, -0.25) is 4.79 Å². The molecule has 0 radical (unpaired) electrons. The van der Waals surface area contributed by atoms with Crippen LogP contribution in [0.5, 0.6) is 0 Å². The van der Waals surface area contributed by atoms with Crippen molar-refractivity contribution in [3.63, 3.8) is 0 Å². The molecule has 0 aromatic heterocycles. The first kappa shape index (κ1) is 9.71. The maximum Gasteiger partial charge on any atom is 0.153 e.